The van der Waals surface area contributed by atoms with Gasteiger partial charge in [0.05, 0.1) is 0 Å². The average Bonchev–Trinajstić information content (AvgIpc) is 2.66. The summed E-state index contributed by atoms with van der Waals surface area (Å²) in [7, 11) is 0. The summed E-state index contributed by atoms with van der Waals surface area (Å²) in [6, 6.07) is 0. The van der Waals surface area contributed by atoms with Crippen molar-refractivity contribution in [3.63, 3.8) is 0 Å². The maximum absolute atomic E-state index is 2.49. The Morgan fingerprint density at radius 2 is 0.679 bits per heavy atom. The van der Waals surface area contributed by atoms with Crippen LogP contribution in [0.4, 0.5) is 0 Å². The molecule has 0 aromatic heterocycles. The molecule has 170 valence electrons. The zero-order valence-corrected chi connectivity index (χ0v) is 21.2. The highest BCUT2D eigenvalue weighted by molar-refractivity contribution is 4.64. The predicted octanol–water partition coefficient (Wildman–Crippen LogP) is 10.4. The first-order valence-electron chi connectivity index (χ1n) is 13.4. The Hall–Kier alpha value is 0. The van der Waals surface area contributed by atoms with Crippen LogP contribution in [0.2, 0.25) is 0 Å². The summed E-state index contributed by atoms with van der Waals surface area (Å²) in [4.78, 5) is 0. The molecule has 0 spiro atoms. The molecule has 0 rings (SSSR count). The summed E-state index contributed by atoms with van der Waals surface area (Å²) in [5, 5.41) is 0. The van der Waals surface area contributed by atoms with Gasteiger partial charge in [-0.3, -0.25) is 0 Å². The van der Waals surface area contributed by atoms with Crippen molar-refractivity contribution < 1.29 is 0 Å². The van der Waals surface area contributed by atoms with Crippen molar-refractivity contribution in [2.75, 3.05) is 0 Å². The highest BCUT2D eigenvalue weighted by Gasteiger charge is 2.13. The second-order valence-corrected chi connectivity index (χ2v) is 10.8. The van der Waals surface area contributed by atoms with E-state index in [2.05, 4.69) is 48.5 Å². The van der Waals surface area contributed by atoms with Crippen LogP contribution in [-0.2, 0) is 0 Å². The molecular formula is C28H58. The van der Waals surface area contributed by atoms with Gasteiger partial charge in [-0.1, -0.05) is 151 Å². The largest absolute Gasteiger partial charge is 0.0654 e. The standard InChI is InChI=1S/C28H58/c1-8-9-16-19-25(4)26(5)20-17-14-12-10-11-13-15-18-21-27(6)28(7)23-22-24(2)3/h24-28H,8-23H2,1-7H3. The van der Waals surface area contributed by atoms with Crippen molar-refractivity contribution in [3.05, 3.63) is 0 Å². The van der Waals surface area contributed by atoms with E-state index in [0.29, 0.717) is 0 Å². The zero-order chi connectivity index (χ0) is 21.2. The molecule has 0 radical (unpaired) electrons. The number of hydrogen-bond donors (Lipinski definition) is 0. The molecular weight excluding hydrogens is 336 g/mol. The summed E-state index contributed by atoms with van der Waals surface area (Å²) in [5.74, 6) is 4.57. The molecule has 0 amide bonds. The predicted molar refractivity (Wildman–Crippen MR) is 131 cm³/mol. The lowest BCUT2D eigenvalue weighted by atomic mass is 9.86. The molecule has 4 unspecified atom stereocenters. The minimum Gasteiger partial charge on any atom is -0.0654 e. The molecule has 28 heavy (non-hydrogen) atoms. The average molecular weight is 395 g/mol. The Morgan fingerprint density at radius 1 is 0.357 bits per heavy atom. The van der Waals surface area contributed by atoms with Gasteiger partial charge in [-0.15, -0.1) is 0 Å². The molecule has 4 atom stereocenters. The monoisotopic (exact) mass is 394 g/mol. The van der Waals surface area contributed by atoms with E-state index in [1.807, 2.05) is 0 Å². The summed E-state index contributed by atoms with van der Waals surface area (Å²) in [5.41, 5.74) is 0. The fraction of sp³-hybridized carbons (Fsp3) is 1.00. The first-order chi connectivity index (χ1) is 13.4. The SMILES string of the molecule is CCCCCC(C)C(C)CCCCCCCCCCC(C)C(C)CCC(C)C. The summed E-state index contributed by atoms with van der Waals surface area (Å²) in [6.45, 7) is 16.9. The maximum atomic E-state index is 2.49. The number of unbranched alkanes of at least 4 members (excludes halogenated alkanes) is 9. The molecule has 0 saturated carbocycles. The van der Waals surface area contributed by atoms with Crippen LogP contribution in [0.15, 0.2) is 0 Å². The van der Waals surface area contributed by atoms with Crippen molar-refractivity contribution in [1.82, 2.24) is 0 Å². The molecule has 0 heteroatoms. The molecule has 0 aliphatic rings. The van der Waals surface area contributed by atoms with E-state index in [1.54, 1.807) is 0 Å². The summed E-state index contributed by atoms with van der Waals surface area (Å²) in [6.07, 6.45) is 23.2. The molecule has 0 fully saturated rings. The van der Waals surface area contributed by atoms with Crippen molar-refractivity contribution in [2.45, 2.75) is 151 Å². The van der Waals surface area contributed by atoms with E-state index >= 15 is 0 Å². The van der Waals surface area contributed by atoms with E-state index < -0.39 is 0 Å². The lowest BCUT2D eigenvalue weighted by Crippen LogP contribution is -2.09. The van der Waals surface area contributed by atoms with Gasteiger partial charge < -0.3 is 0 Å². The first-order valence-corrected chi connectivity index (χ1v) is 13.4. The van der Waals surface area contributed by atoms with Crippen LogP contribution in [-0.4, -0.2) is 0 Å². The summed E-state index contributed by atoms with van der Waals surface area (Å²) < 4.78 is 0. The molecule has 0 N–H and O–H groups in total. The van der Waals surface area contributed by atoms with Crippen molar-refractivity contribution in [3.8, 4) is 0 Å². The van der Waals surface area contributed by atoms with Gasteiger partial charge in [-0.05, 0) is 29.6 Å². The van der Waals surface area contributed by atoms with E-state index in [4.69, 9.17) is 0 Å². The second kappa shape index (κ2) is 19.0. The van der Waals surface area contributed by atoms with Gasteiger partial charge in [0.15, 0.2) is 0 Å². The third-order valence-corrected chi connectivity index (χ3v) is 7.47. The fourth-order valence-corrected chi connectivity index (χ4v) is 4.44. The van der Waals surface area contributed by atoms with E-state index in [-0.39, 0.29) is 0 Å². The third kappa shape index (κ3) is 16.9. The number of rotatable bonds is 20. The molecule has 0 aliphatic heterocycles. The van der Waals surface area contributed by atoms with Crippen molar-refractivity contribution >= 4 is 0 Å². The van der Waals surface area contributed by atoms with Crippen LogP contribution in [0.25, 0.3) is 0 Å². The third-order valence-electron chi connectivity index (χ3n) is 7.47. The fourth-order valence-electron chi connectivity index (χ4n) is 4.44. The second-order valence-electron chi connectivity index (χ2n) is 10.8. The van der Waals surface area contributed by atoms with Gasteiger partial charge in [0, 0.05) is 0 Å². The Bertz CT molecular complexity index is 305. The van der Waals surface area contributed by atoms with Gasteiger partial charge in [-0.2, -0.15) is 0 Å². The molecule has 0 aromatic rings. The highest BCUT2D eigenvalue weighted by atomic mass is 14.2. The van der Waals surface area contributed by atoms with Crippen LogP contribution in [0, 0.1) is 29.6 Å². The number of hydrogen-bond acceptors (Lipinski definition) is 0. The maximum Gasteiger partial charge on any atom is -0.0417 e. The quantitative estimate of drug-likeness (QED) is 0.180. The molecule has 0 saturated heterocycles. The van der Waals surface area contributed by atoms with Gasteiger partial charge in [-0.25, -0.2) is 0 Å². The molecule has 0 bridgehead atoms. The minimum atomic E-state index is 0.868. The topological polar surface area (TPSA) is 0 Å². The van der Waals surface area contributed by atoms with Gasteiger partial charge in [0.2, 0.25) is 0 Å². The normalized spacial score (nSPS) is 16.3. The first kappa shape index (κ1) is 28.0. The molecule has 0 heterocycles. The van der Waals surface area contributed by atoms with Crippen LogP contribution in [0.1, 0.15) is 151 Å². The van der Waals surface area contributed by atoms with E-state index in [9.17, 15) is 0 Å². The van der Waals surface area contributed by atoms with Crippen LogP contribution >= 0.6 is 0 Å². The van der Waals surface area contributed by atoms with Crippen molar-refractivity contribution in [2.24, 2.45) is 29.6 Å². The Labute approximate surface area is 181 Å². The molecule has 0 aliphatic carbocycles. The Kier molecular flexibility index (Phi) is 19.0. The van der Waals surface area contributed by atoms with Crippen LogP contribution < -0.4 is 0 Å². The lowest BCUT2D eigenvalue weighted by molar-refractivity contribution is 0.312. The highest BCUT2D eigenvalue weighted by Crippen LogP contribution is 2.25. The van der Waals surface area contributed by atoms with E-state index in [0.717, 1.165) is 29.6 Å². The van der Waals surface area contributed by atoms with Crippen molar-refractivity contribution in [1.29, 1.82) is 0 Å². The zero-order valence-electron chi connectivity index (χ0n) is 21.2. The van der Waals surface area contributed by atoms with Gasteiger partial charge >= 0.3 is 0 Å². The van der Waals surface area contributed by atoms with Crippen LogP contribution in [0.3, 0.4) is 0 Å². The van der Waals surface area contributed by atoms with Gasteiger partial charge in [0.1, 0.15) is 0 Å². The molecule has 0 nitrogen and oxygen atoms in total. The van der Waals surface area contributed by atoms with Crippen LogP contribution in [0.5, 0.6) is 0 Å². The van der Waals surface area contributed by atoms with E-state index in [1.165, 1.54) is 103 Å². The smallest absolute Gasteiger partial charge is 0.0417 e. The summed E-state index contributed by atoms with van der Waals surface area (Å²) >= 11 is 0. The Balaban J connectivity index is 3.43. The molecule has 0 aromatic carbocycles. The Morgan fingerprint density at radius 3 is 1.04 bits per heavy atom. The minimum absolute atomic E-state index is 0.868. The van der Waals surface area contributed by atoms with Gasteiger partial charge in [0.25, 0.3) is 0 Å². The lowest BCUT2D eigenvalue weighted by Gasteiger charge is -2.20.